The Morgan fingerprint density at radius 1 is 1.08 bits per heavy atom. The summed E-state index contributed by atoms with van der Waals surface area (Å²) in [6.45, 7) is 4.21. The summed E-state index contributed by atoms with van der Waals surface area (Å²) >= 11 is 3.40. The average Bonchev–Trinajstić information content (AvgIpc) is 2.65. The van der Waals surface area contributed by atoms with E-state index in [-0.39, 0.29) is 6.61 Å². The minimum atomic E-state index is -0.467. The molecule has 6 nitrogen and oxygen atoms in total. The zero-order valence-corrected chi connectivity index (χ0v) is 16.3. The lowest BCUT2D eigenvalue weighted by atomic mass is 10.2. The zero-order valence-electron chi connectivity index (χ0n) is 14.7. The van der Waals surface area contributed by atoms with Crippen molar-refractivity contribution >= 4 is 27.7 Å². The zero-order chi connectivity index (χ0) is 18.9. The summed E-state index contributed by atoms with van der Waals surface area (Å²) in [6.07, 6.45) is 0.833. The van der Waals surface area contributed by atoms with E-state index in [1.807, 2.05) is 26.0 Å². The molecule has 0 radical (unpaired) electrons. The molecule has 0 atom stereocenters. The largest absolute Gasteiger partial charge is 0.493 e. The van der Waals surface area contributed by atoms with Crippen LogP contribution in [-0.2, 0) is 4.79 Å². The Labute approximate surface area is 161 Å². The van der Waals surface area contributed by atoms with Crippen LogP contribution in [0.2, 0.25) is 0 Å². The first kappa shape index (κ1) is 19.8. The molecule has 2 aromatic carbocycles. The number of halogens is 1. The molecule has 0 saturated carbocycles. The second-order valence-corrected chi connectivity index (χ2v) is 6.40. The highest BCUT2D eigenvalue weighted by Gasteiger charge is 2.13. The first-order chi connectivity index (χ1) is 12.5. The van der Waals surface area contributed by atoms with Gasteiger partial charge in [-0.3, -0.25) is 20.4 Å². The molecule has 2 rings (SSSR count). The van der Waals surface area contributed by atoms with E-state index in [9.17, 15) is 9.59 Å². The number of hydrazine groups is 1. The molecule has 0 aliphatic heterocycles. The maximum atomic E-state index is 12.2. The maximum absolute atomic E-state index is 12.2. The highest BCUT2D eigenvalue weighted by atomic mass is 79.9. The van der Waals surface area contributed by atoms with E-state index in [1.165, 1.54) is 0 Å². The van der Waals surface area contributed by atoms with Crippen molar-refractivity contribution in [3.63, 3.8) is 0 Å². The summed E-state index contributed by atoms with van der Waals surface area (Å²) in [4.78, 5) is 24.1. The summed E-state index contributed by atoms with van der Waals surface area (Å²) in [5, 5.41) is 0. The van der Waals surface area contributed by atoms with Crippen molar-refractivity contribution in [3.8, 4) is 11.5 Å². The van der Waals surface area contributed by atoms with Crippen LogP contribution >= 0.6 is 15.9 Å². The summed E-state index contributed by atoms with van der Waals surface area (Å²) < 4.78 is 11.9. The Morgan fingerprint density at radius 2 is 1.85 bits per heavy atom. The molecule has 26 heavy (non-hydrogen) atoms. The van der Waals surface area contributed by atoms with Crippen molar-refractivity contribution in [1.82, 2.24) is 10.9 Å². The van der Waals surface area contributed by atoms with Crippen molar-refractivity contribution in [2.45, 2.75) is 20.3 Å². The van der Waals surface area contributed by atoms with E-state index >= 15 is 0 Å². The van der Waals surface area contributed by atoms with Crippen LogP contribution in [-0.4, -0.2) is 25.0 Å². The lowest BCUT2D eigenvalue weighted by Crippen LogP contribution is -2.43. The van der Waals surface area contributed by atoms with E-state index in [0.717, 1.165) is 16.5 Å². The van der Waals surface area contributed by atoms with Gasteiger partial charge in [-0.25, -0.2) is 0 Å². The topological polar surface area (TPSA) is 76.7 Å². The molecule has 0 aliphatic carbocycles. The van der Waals surface area contributed by atoms with Gasteiger partial charge in [-0.05, 0) is 49.2 Å². The third kappa shape index (κ3) is 5.77. The molecule has 2 aromatic rings. The predicted molar refractivity (Wildman–Crippen MR) is 102 cm³/mol. The molecule has 2 amide bonds. The smallest absolute Gasteiger partial charge is 0.276 e. The van der Waals surface area contributed by atoms with Gasteiger partial charge in [0.2, 0.25) is 0 Å². The number of rotatable bonds is 7. The van der Waals surface area contributed by atoms with Crippen LogP contribution in [0.3, 0.4) is 0 Å². The van der Waals surface area contributed by atoms with Gasteiger partial charge in [0.1, 0.15) is 11.5 Å². The Balaban J connectivity index is 1.85. The fraction of sp³-hybridized carbons (Fsp3) is 0.263. The Kier molecular flexibility index (Phi) is 7.47. The minimum absolute atomic E-state index is 0.213. The van der Waals surface area contributed by atoms with Crippen LogP contribution < -0.4 is 20.3 Å². The van der Waals surface area contributed by atoms with E-state index in [1.54, 1.807) is 30.3 Å². The highest BCUT2D eigenvalue weighted by Crippen LogP contribution is 2.21. The summed E-state index contributed by atoms with van der Waals surface area (Å²) in [5.74, 6) is 0.128. The Morgan fingerprint density at radius 3 is 2.58 bits per heavy atom. The van der Waals surface area contributed by atoms with E-state index in [0.29, 0.717) is 23.7 Å². The number of carbonyl (C=O) groups excluding carboxylic acids is 2. The quantitative estimate of drug-likeness (QED) is 0.673. The van der Waals surface area contributed by atoms with Gasteiger partial charge >= 0.3 is 0 Å². The molecule has 0 bridgehead atoms. The number of benzene rings is 2. The van der Waals surface area contributed by atoms with Gasteiger partial charge in [0, 0.05) is 4.47 Å². The second-order valence-electron chi connectivity index (χ2n) is 5.55. The van der Waals surface area contributed by atoms with E-state index < -0.39 is 11.8 Å². The van der Waals surface area contributed by atoms with Gasteiger partial charge in [0.25, 0.3) is 11.8 Å². The van der Waals surface area contributed by atoms with Crippen molar-refractivity contribution in [1.29, 1.82) is 0 Å². The van der Waals surface area contributed by atoms with Crippen molar-refractivity contribution in [2.75, 3.05) is 13.2 Å². The standard InChI is InChI=1S/C19H21BrN2O4/c1-3-10-25-17-7-5-4-6-15(17)19(24)22-21-18(23)12-26-14-8-9-16(20)13(2)11-14/h4-9,11H,3,10,12H2,1-2H3,(H,21,23)(H,22,24). The monoisotopic (exact) mass is 420 g/mol. The lowest BCUT2D eigenvalue weighted by Gasteiger charge is -2.12. The molecule has 0 spiro atoms. The molecule has 0 unspecified atom stereocenters. The molecule has 0 heterocycles. The van der Waals surface area contributed by atoms with Gasteiger partial charge in [-0.1, -0.05) is 35.0 Å². The van der Waals surface area contributed by atoms with Gasteiger partial charge < -0.3 is 9.47 Å². The van der Waals surface area contributed by atoms with Crippen LogP contribution in [0, 0.1) is 6.92 Å². The molecule has 2 N–H and O–H groups in total. The van der Waals surface area contributed by atoms with Gasteiger partial charge in [0.15, 0.2) is 6.61 Å². The molecule has 138 valence electrons. The Bertz CT molecular complexity index is 780. The fourth-order valence-electron chi connectivity index (χ4n) is 2.08. The normalized spacial score (nSPS) is 10.1. The molecule has 7 heteroatoms. The van der Waals surface area contributed by atoms with Crippen LogP contribution in [0.25, 0.3) is 0 Å². The number of nitrogens with one attached hydrogen (secondary N) is 2. The maximum Gasteiger partial charge on any atom is 0.276 e. The van der Waals surface area contributed by atoms with E-state index in [4.69, 9.17) is 9.47 Å². The average molecular weight is 421 g/mol. The lowest BCUT2D eigenvalue weighted by molar-refractivity contribution is -0.123. The fourth-order valence-corrected chi connectivity index (χ4v) is 2.32. The highest BCUT2D eigenvalue weighted by molar-refractivity contribution is 9.10. The molecule has 0 fully saturated rings. The first-order valence-electron chi connectivity index (χ1n) is 8.21. The van der Waals surface area contributed by atoms with Gasteiger partial charge in [0.05, 0.1) is 12.2 Å². The Hall–Kier alpha value is -2.54. The SMILES string of the molecule is CCCOc1ccccc1C(=O)NNC(=O)COc1ccc(Br)c(C)c1. The molecule has 0 aliphatic rings. The third-order valence-electron chi connectivity index (χ3n) is 3.41. The second kappa shape index (κ2) is 9.82. The van der Waals surface area contributed by atoms with Gasteiger partial charge in [-0.2, -0.15) is 0 Å². The number of carbonyl (C=O) groups is 2. The van der Waals surface area contributed by atoms with Crippen LogP contribution in [0.5, 0.6) is 11.5 Å². The summed E-state index contributed by atoms with van der Waals surface area (Å²) in [6, 6.07) is 12.3. The molecule has 0 saturated heterocycles. The van der Waals surface area contributed by atoms with Crippen LogP contribution in [0.4, 0.5) is 0 Å². The number of amides is 2. The summed E-state index contributed by atoms with van der Waals surface area (Å²) in [7, 11) is 0. The van der Waals surface area contributed by atoms with Crippen molar-refractivity contribution < 1.29 is 19.1 Å². The first-order valence-corrected chi connectivity index (χ1v) is 9.00. The number of hydrogen-bond acceptors (Lipinski definition) is 4. The molecular weight excluding hydrogens is 400 g/mol. The predicted octanol–water partition coefficient (Wildman–Crippen LogP) is 3.39. The minimum Gasteiger partial charge on any atom is -0.493 e. The van der Waals surface area contributed by atoms with Crippen molar-refractivity contribution in [2.24, 2.45) is 0 Å². The molecule has 0 aromatic heterocycles. The van der Waals surface area contributed by atoms with Crippen molar-refractivity contribution in [3.05, 3.63) is 58.1 Å². The number of para-hydroxylation sites is 1. The molecular formula is C19H21BrN2O4. The number of hydrogen-bond donors (Lipinski definition) is 2. The van der Waals surface area contributed by atoms with Gasteiger partial charge in [-0.15, -0.1) is 0 Å². The van der Waals surface area contributed by atoms with Crippen LogP contribution in [0.1, 0.15) is 29.3 Å². The van der Waals surface area contributed by atoms with Crippen LogP contribution in [0.15, 0.2) is 46.9 Å². The number of ether oxygens (including phenoxy) is 2. The van der Waals surface area contributed by atoms with E-state index in [2.05, 4.69) is 26.8 Å². The third-order valence-corrected chi connectivity index (χ3v) is 4.30. The summed E-state index contributed by atoms with van der Waals surface area (Å²) in [5.41, 5.74) is 6.05. The number of aryl methyl sites for hydroxylation is 1.